The monoisotopic (exact) mass is 480 g/mol. The number of aromatic nitrogens is 1. The fraction of sp³-hybridized carbons (Fsp3) is 0.192. The molecule has 2 aromatic heterocycles. The van der Waals surface area contributed by atoms with E-state index < -0.39 is 11.6 Å². The zero-order valence-corrected chi connectivity index (χ0v) is 19.6. The summed E-state index contributed by atoms with van der Waals surface area (Å²) in [5.74, 6) is -0.555. The summed E-state index contributed by atoms with van der Waals surface area (Å²) in [5.41, 5.74) is 9.61. The van der Waals surface area contributed by atoms with Crippen LogP contribution in [0.15, 0.2) is 75.9 Å². The summed E-state index contributed by atoms with van der Waals surface area (Å²) in [7, 11) is 0. The van der Waals surface area contributed by atoms with E-state index in [1.165, 1.54) is 41.3 Å². The van der Waals surface area contributed by atoms with Crippen molar-refractivity contribution in [3.8, 4) is 10.4 Å². The number of nitrogens with two attached hydrogens (primary N) is 1. The Kier molecular flexibility index (Phi) is 5.95. The van der Waals surface area contributed by atoms with Gasteiger partial charge >= 0.3 is 0 Å². The minimum atomic E-state index is -0.586. The molecule has 0 saturated carbocycles. The summed E-state index contributed by atoms with van der Waals surface area (Å²) in [5, 5.41) is 2.67. The Hall–Kier alpha value is -2.74. The Morgan fingerprint density at radius 1 is 1.03 bits per heavy atom. The number of thioether (sulfide) groups is 1. The maximum absolute atomic E-state index is 14.6. The number of nitrogens with zero attached hydrogens (tertiary/aromatic N) is 1. The average molecular weight is 481 g/mol. The number of hydrogen-bond donors (Lipinski definition) is 1. The standard InChI is InChI=1S/C26H22F2N2OS2/c1-15-17(13-18-19(27)9-5-10-20(18)28)26-30(25(31)23(15)22-11-6-12-32-22)21(14-33-26)24(29)16-7-3-2-4-8-16/h2-12,21,24H,13-14,29H2,1H3. The van der Waals surface area contributed by atoms with Crippen molar-refractivity contribution in [3.05, 3.63) is 110 Å². The topological polar surface area (TPSA) is 48.0 Å². The summed E-state index contributed by atoms with van der Waals surface area (Å²) in [6.07, 6.45) is 0.0681. The smallest absolute Gasteiger partial charge is 0.260 e. The van der Waals surface area contributed by atoms with Gasteiger partial charge in [-0.1, -0.05) is 42.5 Å². The first-order valence-corrected chi connectivity index (χ1v) is 12.5. The molecule has 168 valence electrons. The van der Waals surface area contributed by atoms with Gasteiger partial charge < -0.3 is 5.73 Å². The zero-order valence-electron chi connectivity index (χ0n) is 17.9. The van der Waals surface area contributed by atoms with Crippen LogP contribution in [-0.4, -0.2) is 10.3 Å². The van der Waals surface area contributed by atoms with Crippen molar-refractivity contribution < 1.29 is 8.78 Å². The lowest BCUT2D eigenvalue weighted by Crippen LogP contribution is -2.33. The third-order valence-corrected chi connectivity index (χ3v) is 8.35. The first-order chi connectivity index (χ1) is 16.0. The number of rotatable bonds is 5. The Morgan fingerprint density at radius 3 is 2.42 bits per heavy atom. The van der Waals surface area contributed by atoms with E-state index in [2.05, 4.69) is 0 Å². The molecule has 2 unspecified atom stereocenters. The van der Waals surface area contributed by atoms with Crippen LogP contribution in [0.4, 0.5) is 8.78 Å². The van der Waals surface area contributed by atoms with E-state index in [1.54, 1.807) is 4.57 Å². The van der Waals surface area contributed by atoms with Gasteiger partial charge in [0, 0.05) is 22.6 Å². The van der Waals surface area contributed by atoms with Crippen molar-refractivity contribution in [2.75, 3.05) is 5.75 Å². The molecule has 4 aromatic rings. The van der Waals surface area contributed by atoms with Crippen molar-refractivity contribution in [2.45, 2.75) is 30.5 Å². The summed E-state index contributed by atoms with van der Waals surface area (Å²) >= 11 is 3.01. The van der Waals surface area contributed by atoms with Gasteiger partial charge in [-0.25, -0.2) is 8.78 Å². The minimum absolute atomic E-state index is 0.00980. The molecule has 33 heavy (non-hydrogen) atoms. The van der Waals surface area contributed by atoms with Crippen LogP contribution < -0.4 is 11.3 Å². The highest BCUT2D eigenvalue weighted by atomic mass is 32.2. The van der Waals surface area contributed by atoms with Crippen LogP contribution in [0.25, 0.3) is 10.4 Å². The van der Waals surface area contributed by atoms with Crippen molar-refractivity contribution in [2.24, 2.45) is 5.73 Å². The predicted octanol–water partition coefficient (Wildman–Crippen LogP) is 6.10. The van der Waals surface area contributed by atoms with E-state index in [0.717, 1.165) is 26.6 Å². The molecule has 0 spiro atoms. The van der Waals surface area contributed by atoms with Gasteiger partial charge in [0.15, 0.2) is 0 Å². The molecule has 2 N–H and O–H groups in total. The molecule has 0 aliphatic carbocycles. The molecule has 1 aliphatic rings. The SMILES string of the molecule is Cc1c(Cc2c(F)cccc2F)c2n(c(=O)c1-c1cccs1)C(C(N)c1ccccc1)CS2. The molecule has 0 saturated heterocycles. The van der Waals surface area contributed by atoms with Gasteiger partial charge in [0.1, 0.15) is 11.6 Å². The van der Waals surface area contributed by atoms with E-state index >= 15 is 0 Å². The van der Waals surface area contributed by atoms with E-state index in [4.69, 9.17) is 5.73 Å². The quantitative estimate of drug-likeness (QED) is 0.375. The van der Waals surface area contributed by atoms with E-state index in [-0.39, 0.29) is 29.6 Å². The molecule has 7 heteroatoms. The Morgan fingerprint density at radius 2 is 1.76 bits per heavy atom. The van der Waals surface area contributed by atoms with Gasteiger partial charge in [0.25, 0.3) is 5.56 Å². The number of thiophene rings is 1. The molecular weight excluding hydrogens is 458 g/mol. The summed E-state index contributed by atoms with van der Waals surface area (Å²) in [6.45, 7) is 1.87. The van der Waals surface area contributed by atoms with E-state index in [0.29, 0.717) is 11.3 Å². The second kappa shape index (κ2) is 8.89. The summed E-state index contributed by atoms with van der Waals surface area (Å²) < 4.78 is 30.9. The number of fused-ring (bicyclic) bond motifs is 1. The average Bonchev–Trinajstić information content (AvgIpc) is 3.49. The molecule has 2 atom stereocenters. The summed E-state index contributed by atoms with van der Waals surface area (Å²) in [4.78, 5) is 14.7. The van der Waals surface area contributed by atoms with Crippen LogP contribution in [0.5, 0.6) is 0 Å². The predicted molar refractivity (Wildman–Crippen MR) is 131 cm³/mol. The molecular formula is C26H22F2N2OS2. The van der Waals surface area contributed by atoms with Gasteiger partial charge in [0.05, 0.1) is 22.7 Å². The van der Waals surface area contributed by atoms with Crippen molar-refractivity contribution in [3.63, 3.8) is 0 Å². The van der Waals surface area contributed by atoms with Crippen LogP contribution in [0.2, 0.25) is 0 Å². The number of pyridine rings is 1. The fourth-order valence-corrected chi connectivity index (χ4v) is 6.75. The summed E-state index contributed by atoms with van der Waals surface area (Å²) in [6, 6.07) is 16.8. The Bertz CT molecular complexity index is 1350. The second-order valence-corrected chi connectivity index (χ2v) is 10.1. The van der Waals surface area contributed by atoms with Crippen LogP contribution in [0.3, 0.4) is 0 Å². The Balaban J connectivity index is 1.72. The fourth-order valence-electron chi connectivity index (χ4n) is 4.49. The van der Waals surface area contributed by atoms with Crippen LogP contribution >= 0.6 is 23.1 Å². The number of hydrogen-bond acceptors (Lipinski definition) is 4. The molecule has 5 rings (SSSR count). The van der Waals surface area contributed by atoms with Crippen LogP contribution in [0.1, 0.15) is 34.3 Å². The Labute approximate surface area is 198 Å². The van der Waals surface area contributed by atoms with Crippen molar-refractivity contribution >= 4 is 23.1 Å². The highest BCUT2D eigenvalue weighted by molar-refractivity contribution is 7.99. The lowest BCUT2D eigenvalue weighted by atomic mass is 9.96. The highest BCUT2D eigenvalue weighted by Crippen LogP contribution is 2.43. The first-order valence-electron chi connectivity index (χ1n) is 10.7. The number of halogens is 2. The first kappa shape index (κ1) is 22.1. The van der Waals surface area contributed by atoms with E-state index in [9.17, 15) is 13.6 Å². The third kappa shape index (κ3) is 3.84. The molecule has 1 aliphatic heterocycles. The lowest BCUT2D eigenvalue weighted by Gasteiger charge is -2.24. The lowest BCUT2D eigenvalue weighted by molar-refractivity contribution is 0.435. The molecule has 2 aromatic carbocycles. The highest BCUT2D eigenvalue weighted by Gasteiger charge is 2.34. The zero-order chi connectivity index (χ0) is 23.1. The van der Waals surface area contributed by atoms with Gasteiger partial charge in [-0.2, -0.15) is 0 Å². The van der Waals surface area contributed by atoms with Crippen molar-refractivity contribution in [1.29, 1.82) is 0 Å². The maximum atomic E-state index is 14.6. The molecule has 3 heterocycles. The van der Waals surface area contributed by atoms with Crippen LogP contribution in [-0.2, 0) is 6.42 Å². The molecule has 0 bridgehead atoms. The third-order valence-electron chi connectivity index (χ3n) is 6.24. The number of benzene rings is 2. The normalized spacial score (nSPS) is 16.1. The second-order valence-electron chi connectivity index (χ2n) is 8.13. The van der Waals surface area contributed by atoms with Gasteiger partial charge in [0.2, 0.25) is 0 Å². The molecule has 0 fully saturated rings. The minimum Gasteiger partial charge on any atom is -0.322 e. The van der Waals surface area contributed by atoms with Gasteiger partial charge in [-0.15, -0.1) is 23.1 Å². The van der Waals surface area contributed by atoms with Crippen molar-refractivity contribution in [1.82, 2.24) is 4.57 Å². The molecule has 0 radical (unpaired) electrons. The van der Waals surface area contributed by atoms with Gasteiger partial charge in [-0.3, -0.25) is 9.36 Å². The van der Waals surface area contributed by atoms with Gasteiger partial charge in [-0.05, 0) is 47.2 Å². The molecule has 3 nitrogen and oxygen atoms in total. The van der Waals surface area contributed by atoms with E-state index in [1.807, 2.05) is 54.8 Å². The molecule has 0 amide bonds. The largest absolute Gasteiger partial charge is 0.322 e. The van der Waals surface area contributed by atoms with Crippen LogP contribution in [0, 0.1) is 18.6 Å². The maximum Gasteiger partial charge on any atom is 0.260 e.